The van der Waals surface area contributed by atoms with E-state index >= 15 is 0 Å². The van der Waals surface area contributed by atoms with Gasteiger partial charge in [0.1, 0.15) is 0 Å². The number of likely N-dealkylation sites (tertiary alicyclic amines) is 1. The number of nitrogens with one attached hydrogen (secondary N) is 3. The van der Waals surface area contributed by atoms with E-state index in [1.807, 2.05) is 29.5 Å². The zero-order chi connectivity index (χ0) is 18.8. The molecule has 3 N–H and O–H groups in total. The lowest BCUT2D eigenvalue weighted by Crippen LogP contribution is -2.56. The van der Waals surface area contributed by atoms with Crippen molar-refractivity contribution < 1.29 is 9.59 Å². The molecule has 25 heavy (non-hydrogen) atoms. The number of carbonyl (C=O) groups excluding carboxylic acids is 2. The first-order valence-electron chi connectivity index (χ1n) is 9.31. The molecule has 2 aliphatic rings. The highest BCUT2D eigenvalue weighted by molar-refractivity contribution is 14.1. The Bertz CT molecular complexity index is 494. The van der Waals surface area contributed by atoms with Crippen molar-refractivity contribution >= 4 is 32.4 Å². The van der Waals surface area contributed by atoms with Crippen LogP contribution < -0.4 is 16.0 Å². The van der Waals surface area contributed by atoms with Crippen molar-refractivity contribution in [1.82, 2.24) is 20.9 Å². The molecule has 6 nitrogen and oxygen atoms in total. The largest absolute Gasteiger partial charge is 0.350 e. The second kappa shape index (κ2) is 8.52. The van der Waals surface area contributed by atoms with Crippen molar-refractivity contribution in [2.75, 3.05) is 20.1 Å². The molecule has 2 amide bonds. The van der Waals surface area contributed by atoms with Crippen LogP contribution in [0.25, 0.3) is 0 Å². The molecule has 144 valence electrons. The first-order valence-corrected chi connectivity index (χ1v) is 10.4. The first-order chi connectivity index (χ1) is 11.6. The Hall–Kier alpha value is -0.410. The minimum absolute atomic E-state index is 0.0260. The Labute approximate surface area is 165 Å². The molecular formula is C18H33IN4O2. The minimum Gasteiger partial charge on any atom is -0.350 e. The maximum Gasteiger partial charge on any atom is 0.280 e. The Morgan fingerprint density at radius 2 is 1.92 bits per heavy atom. The predicted molar refractivity (Wildman–Crippen MR) is 109 cm³/mol. The molecule has 1 saturated carbocycles. The molecule has 0 spiro atoms. The van der Waals surface area contributed by atoms with Crippen LogP contribution in [0.1, 0.15) is 47.0 Å². The predicted octanol–water partition coefficient (Wildman–Crippen LogP) is 2.12. The fourth-order valence-corrected chi connectivity index (χ4v) is 4.53. The molecule has 1 heterocycles. The normalized spacial score (nSPS) is 29.1. The number of likely N-dealkylation sites (N-methyl/N-ethyl adjacent to an activating group) is 1. The van der Waals surface area contributed by atoms with E-state index < -0.39 is 0 Å². The number of fused-ring (bicyclic) bond motifs is 1. The van der Waals surface area contributed by atoms with Crippen molar-refractivity contribution in [1.29, 1.82) is 0 Å². The third-order valence-electron chi connectivity index (χ3n) is 5.86. The molecule has 0 radical (unpaired) electrons. The van der Waals surface area contributed by atoms with Gasteiger partial charge < -0.3 is 16.0 Å². The van der Waals surface area contributed by atoms with E-state index in [0.29, 0.717) is 12.0 Å². The summed E-state index contributed by atoms with van der Waals surface area (Å²) in [6.07, 6.45) is 3.44. The van der Waals surface area contributed by atoms with Crippen molar-refractivity contribution in [3.05, 3.63) is 0 Å². The molecule has 0 aromatic rings. The number of amides is 2. The number of hydrogen-bond donors (Lipinski definition) is 3. The van der Waals surface area contributed by atoms with Gasteiger partial charge in [0.05, 0.1) is 6.04 Å². The van der Waals surface area contributed by atoms with Crippen molar-refractivity contribution in [3.63, 3.8) is 0 Å². The van der Waals surface area contributed by atoms with Crippen LogP contribution in [0.15, 0.2) is 0 Å². The standard InChI is InChI=1S/C18H33IN4O2/c1-11(20-5)16(24)22-14(18(2,3)4)10-23-9-8-12-6-7-13(15(12)23)21-17(19)25/h11-15,20H,6-10H2,1-5H3,(H,21,25)(H,22,24)/t11-,12+,13-,14+,15-/m0/s1. The summed E-state index contributed by atoms with van der Waals surface area (Å²) in [5.41, 5.74) is -0.0260. The van der Waals surface area contributed by atoms with Crippen molar-refractivity contribution in [2.45, 2.75) is 71.1 Å². The molecule has 5 atom stereocenters. The highest BCUT2D eigenvalue weighted by Crippen LogP contribution is 2.39. The highest BCUT2D eigenvalue weighted by atomic mass is 127. The van der Waals surface area contributed by atoms with Crippen LogP contribution in [-0.2, 0) is 4.79 Å². The Kier molecular flexibility index (Phi) is 7.12. The van der Waals surface area contributed by atoms with Gasteiger partial charge in [0, 0.05) is 47.3 Å². The van der Waals surface area contributed by atoms with Gasteiger partial charge in [-0.3, -0.25) is 14.5 Å². The average molecular weight is 464 g/mol. The summed E-state index contributed by atoms with van der Waals surface area (Å²) in [7, 11) is 1.80. The van der Waals surface area contributed by atoms with E-state index in [0.717, 1.165) is 19.5 Å². The zero-order valence-corrected chi connectivity index (χ0v) is 18.2. The van der Waals surface area contributed by atoms with Crippen LogP contribution in [0.5, 0.6) is 0 Å². The Morgan fingerprint density at radius 3 is 2.48 bits per heavy atom. The number of carbonyl (C=O) groups is 2. The molecule has 2 rings (SSSR count). The van der Waals surface area contributed by atoms with E-state index in [9.17, 15) is 9.59 Å². The third kappa shape index (κ3) is 5.29. The van der Waals surface area contributed by atoms with Crippen LogP contribution >= 0.6 is 22.6 Å². The topological polar surface area (TPSA) is 73.5 Å². The fraction of sp³-hybridized carbons (Fsp3) is 0.889. The van der Waals surface area contributed by atoms with Crippen molar-refractivity contribution in [2.24, 2.45) is 11.3 Å². The van der Waals surface area contributed by atoms with Gasteiger partial charge >= 0.3 is 0 Å². The Morgan fingerprint density at radius 1 is 1.24 bits per heavy atom. The van der Waals surface area contributed by atoms with E-state index in [4.69, 9.17) is 0 Å². The molecule has 1 saturated heterocycles. The number of halogens is 1. The van der Waals surface area contributed by atoms with Gasteiger partial charge in [0.15, 0.2) is 0 Å². The summed E-state index contributed by atoms with van der Waals surface area (Å²) in [6, 6.07) is 0.520. The minimum atomic E-state index is -0.200. The molecule has 1 aliphatic carbocycles. The third-order valence-corrected chi connectivity index (χ3v) is 6.17. The summed E-state index contributed by atoms with van der Waals surface area (Å²) >= 11 is 1.83. The molecule has 0 aromatic carbocycles. The van der Waals surface area contributed by atoms with Gasteiger partial charge in [-0.2, -0.15) is 0 Å². The molecule has 2 fully saturated rings. The van der Waals surface area contributed by atoms with Crippen LogP contribution in [0.4, 0.5) is 4.79 Å². The SMILES string of the molecule is CN[C@@H](C)C(=O)N[C@H](CN1CC[C@H]2CC[C@H](NC(=O)I)[C@H]21)C(C)(C)C. The summed E-state index contributed by atoms with van der Waals surface area (Å²) in [4.78, 5) is 26.4. The van der Waals surface area contributed by atoms with Gasteiger partial charge in [-0.05, 0) is 51.1 Å². The van der Waals surface area contributed by atoms with Gasteiger partial charge in [-0.15, -0.1) is 0 Å². The van der Waals surface area contributed by atoms with Crippen LogP contribution in [0.3, 0.4) is 0 Å². The van der Waals surface area contributed by atoms with E-state index in [2.05, 4.69) is 41.6 Å². The summed E-state index contributed by atoms with van der Waals surface area (Å²) in [6.45, 7) is 10.3. The van der Waals surface area contributed by atoms with Crippen LogP contribution in [0, 0.1) is 11.3 Å². The number of nitrogens with zero attached hydrogens (tertiary/aromatic N) is 1. The molecule has 1 aliphatic heterocycles. The lowest BCUT2D eigenvalue weighted by Gasteiger charge is -2.38. The van der Waals surface area contributed by atoms with E-state index in [1.165, 1.54) is 12.8 Å². The van der Waals surface area contributed by atoms with Crippen LogP contribution in [-0.4, -0.2) is 59.0 Å². The maximum absolute atomic E-state index is 12.4. The molecule has 0 bridgehead atoms. The van der Waals surface area contributed by atoms with Crippen molar-refractivity contribution in [3.8, 4) is 0 Å². The van der Waals surface area contributed by atoms with Gasteiger partial charge in [0.25, 0.3) is 3.91 Å². The van der Waals surface area contributed by atoms with Crippen LogP contribution in [0.2, 0.25) is 0 Å². The quantitative estimate of drug-likeness (QED) is 0.320. The average Bonchev–Trinajstić information content (AvgIpc) is 3.08. The summed E-state index contributed by atoms with van der Waals surface area (Å²) in [5, 5.41) is 9.38. The molecule has 7 heteroatoms. The van der Waals surface area contributed by atoms with Gasteiger partial charge in [-0.1, -0.05) is 20.8 Å². The second-order valence-electron chi connectivity index (χ2n) is 8.57. The second-order valence-corrected chi connectivity index (χ2v) is 9.55. The maximum atomic E-state index is 12.4. The fourth-order valence-electron chi connectivity index (χ4n) is 4.13. The summed E-state index contributed by atoms with van der Waals surface area (Å²) in [5.74, 6) is 0.711. The van der Waals surface area contributed by atoms with Gasteiger partial charge in [-0.25, -0.2) is 0 Å². The highest BCUT2D eigenvalue weighted by Gasteiger charge is 2.45. The molecular weight excluding hydrogens is 431 g/mol. The van der Waals surface area contributed by atoms with E-state index in [1.54, 1.807) is 7.05 Å². The Balaban J connectivity index is 2.07. The molecule has 0 unspecified atom stereocenters. The van der Waals surface area contributed by atoms with E-state index in [-0.39, 0.29) is 33.4 Å². The lowest BCUT2D eigenvalue weighted by atomic mass is 9.85. The van der Waals surface area contributed by atoms with Gasteiger partial charge in [0.2, 0.25) is 5.91 Å². The number of hydrogen-bond acceptors (Lipinski definition) is 4. The summed E-state index contributed by atoms with van der Waals surface area (Å²) < 4.78 is 0.0265. The smallest absolute Gasteiger partial charge is 0.280 e. The zero-order valence-electron chi connectivity index (χ0n) is 16.1. The monoisotopic (exact) mass is 464 g/mol. The first kappa shape index (κ1) is 20.9. The number of rotatable bonds is 6. The molecule has 0 aromatic heterocycles. The lowest BCUT2D eigenvalue weighted by molar-refractivity contribution is -0.124.